The first-order chi connectivity index (χ1) is 13.9. The Morgan fingerprint density at radius 1 is 1.07 bits per heavy atom. The van der Waals surface area contributed by atoms with E-state index in [1.165, 1.54) is 0 Å². The van der Waals surface area contributed by atoms with Crippen LogP contribution in [0.1, 0.15) is 33.3 Å². The first-order valence-electron chi connectivity index (χ1n) is 9.45. The third-order valence-electron chi connectivity index (χ3n) is 4.27. The average Bonchev–Trinajstić information content (AvgIpc) is 2.69. The van der Waals surface area contributed by atoms with Crippen LogP contribution in [0.4, 0.5) is 5.69 Å². The molecular weight excluding hydrogens is 398 g/mol. The summed E-state index contributed by atoms with van der Waals surface area (Å²) in [6.45, 7) is 8.96. The summed E-state index contributed by atoms with van der Waals surface area (Å²) in [4.78, 5) is 39.0. The van der Waals surface area contributed by atoms with Crippen molar-refractivity contribution < 1.29 is 23.5 Å². The lowest BCUT2D eigenvalue weighted by molar-refractivity contribution is -0.146. The highest BCUT2D eigenvalue weighted by molar-refractivity contribution is 6.37. The van der Waals surface area contributed by atoms with Gasteiger partial charge in [-0.25, -0.2) is 14.4 Å². The lowest BCUT2D eigenvalue weighted by Crippen LogP contribution is -2.21. The van der Waals surface area contributed by atoms with Crippen LogP contribution in [0.2, 0.25) is 5.02 Å². The highest BCUT2D eigenvalue weighted by Crippen LogP contribution is 2.30. The number of benzene rings is 1. The van der Waals surface area contributed by atoms with E-state index in [0.717, 1.165) is 24.9 Å². The maximum absolute atomic E-state index is 12.6. The summed E-state index contributed by atoms with van der Waals surface area (Å²) in [5.41, 5.74) is -0.114. The Morgan fingerprint density at radius 2 is 1.66 bits per heavy atom. The first kappa shape index (κ1) is 22.5. The largest absolute Gasteiger partial charge is 0.462 e. The molecule has 1 heterocycles. The molecule has 1 aromatic carbocycles. The van der Waals surface area contributed by atoms with Gasteiger partial charge in [0.25, 0.3) is 0 Å². The zero-order chi connectivity index (χ0) is 21.6. The van der Waals surface area contributed by atoms with Gasteiger partial charge in [-0.15, -0.1) is 0 Å². The van der Waals surface area contributed by atoms with Crippen LogP contribution in [-0.4, -0.2) is 38.2 Å². The van der Waals surface area contributed by atoms with E-state index >= 15 is 0 Å². The van der Waals surface area contributed by atoms with E-state index in [-0.39, 0.29) is 23.8 Å². The second-order valence-corrected chi connectivity index (χ2v) is 6.35. The molecule has 2 aromatic rings. The van der Waals surface area contributed by atoms with Crippen molar-refractivity contribution in [3.8, 4) is 0 Å². The van der Waals surface area contributed by atoms with Gasteiger partial charge < -0.3 is 18.8 Å². The van der Waals surface area contributed by atoms with Gasteiger partial charge in [0.1, 0.15) is 11.2 Å². The molecule has 8 heteroatoms. The number of hydrogen-bond donors (Lipinski definition) is 0. The molecular formula is C21H24ClNO6. The van der Waals surface area contributed by atoms with Gasteiger partial charge in [-0.05, 0) is 45.9 Å². The second-order valence-electron chi connectivity index (χ2n) is 5.97. The standard InChI is InChI=1S/C21H24ClNO6/c1-5-23(6-2)13-9-10-14-17(11-13)29-21(26)15(18(14)22)12-16(19(24)27-7-3)20(25)28-8-4/h9-12H,5-8H2,1-4H3. The lowest BCUT2D eigenvalue weighted by atomic mass is 10.1. The molecule has 2 rings (SSSR count). The lowest BCUT2D eigenvalue weighted by Gasteiger charge is -2.21. The van der Waals surface area contributed by atoms with Gasteiger partial charge in [-0.2, -0.15) is 0 Å². The SMILES string of the molecule is CCOC(=O)C(=Cc1c(Cl)c2ccc(N(CC)CC)cc2oc1=O)C(=O)OCC. The third kappa shape index (κ3) is 4.98. The molecule has 0 aliphatic rings. The Hall–Kier alpha value is -2.80. The van der Waals surface area contributed by atoms with Crippen molar-refractivity contribution in [3.05, 3.63) is 44.8 Å². The number of rotatable bonds is 8. The van der Waals surface area contributed by atoms with Gasteiger partial charge in [0.15, 0.2) is 0 Å². The number of nitrogens with zero attached hydrogens (tertiary/aromatic N) is 1. The number of carbonyl (C=O) groups excluding carboxylic acids is 2. The van der Waals surface area contributed by atoms with E-state index < -0.39 is 23.1 Å². The number of anilines is 1. The van der Waals surface area contributed by atoms with Gasteiger partial charge in [0.05, 0.1) is 23.8 Å². The molecule has 0 fully saturated rings. The number of fused-ring (bicyclic) bond motifs is 1. The molecule has 0 aliphatic heterocycles. The van der Waals surface area contributed by atoms with Crippen LogP contribution < -0.4 is 10.5 Å². The van der Waals surface area contributed by atoms with E-state index in [2.05, 4.69) is 4.90 Å². The van der Waals surface area contributed by atoms with Gasteiger partial charge in [-0.1, -0.05) is 11.6 Å². The van der Waals surface area contributed by atoms with E-state index in [4.69, 9.17) is 25.5 Å². The summed E-state index contributed by atoms with van der Waals surface area (Å²) in [6, 6.07) is 5.34. The Kier molecular flexibility index (Phi) is 7.84. The zero-order valence-electron chi connectivity index (χ0n) is 16.9. The minimum absolute atomic E-state index is 0.0593. The number of halogens is 1. The first-order valence-corrected chi connectivity index (χ1v) is 9.82. The molecule has 0 saturated carbocycles. The smallest absolute Gasteiger partial charge is 0.345 e. The predicted octanol–water partition coefficient (Wildman–Crippen LogP) is 3.80. The molecule has 0 aliphatic carbocycles. The summed E-state index contributed by atoms with van der Waals surface area (Å²) in [7, 11) is 0. The van der Waals surface area contributed by atoms with Crippen molar-refractivity contribution in [3.63, 3.8) is 0 Å². The van der Waals surface area contributed by atoms with Gasteiger partial charge in [0, 0.05) is 30.2 Å². The summed E-state index contributed by atoms with van der Waals surface area (Å²) in [6.07, 6.45) is 1.06. The third-order valence-corrected chi connectivity index (χ3v) is 4.68. The van der Waals surface area contributed by atoms with Crippen molar-refractivity contribution in [2.24, 2.45) is 0 Å². The van der Waals surface area contributed by atoms with Crippen LogP contribution in [0.25, 0.3) is 17.0 Å². The predicted molar refractivity (Wildman–Crippen MR) is 112 cm³/mol. The van der Waals surface area contributed by atoms with E-state index in [9.17, 15) is 14.4 Å². The Labute approximate surface area is 173 Å². The van der Waals surface area contributed by atoms with Gasteiger partial charge in [0.2, 0.25) is 0 Å². The number of hydrogen-bond acceptors (Lipinski definition) is 7. The normalized spacial score (nSPS) is 10.5. The van der Waals surface area contributed by atoms with E-state index in [1.807, 2.05) is 19.9 Å². The molecule has 1 aromatic heterocycles. The monoisotopic (exact) mass is 421 g/mol. The maximum Gasteiger partial charge on any atom is 0.345 e. The molecule has 0 N–H and O–H groups in total. The molecule has 0 spiro atoms. The van der Waals surface area contributed by atoms with Crippen LogP contribution in [0.5, 0.6) is 0 Å². The number of ether oxygens (including phenoxy) is 2. The molecule has 0 saturated heterocycles. The molecule has 0 unspecified atom stereocenters. The van der Waals surface area contributed by atoms with Gasteiger partial charge >= 0.3 is 17.6 Å². The molecule has 0 bridgehead atoms. The Bertz CT molecular complexity index is 971. The van der Waals surface area contributed by atoms with Crippen molar-refractivity contribution in [1.82, 2.24) is 0 Å². The van der Waals surface area contributed by atoms with Crippen molar-refractivity contribution in [2.75, 3.05) is 31.2 Å². The zero-order valence-corrected chi connectivity index (χ0v) is 17.7. The minimum Gasteiger partial charge on any atom is -0.462 e. The fraction of sp³-hybridized carbons (Fsp3) is 0.381. The summed E-state index contributed by atoms with van der Waals surface area (Å²) in [5, 5.41) is 0.564. The second kappa shape index (κ2) is 10.1. The van der Waals surface area contributed by atoms with Crippen LogP contribution in [0, 0.1) is 0 Å². The van der Waals surface area contributed by atoms with Crippen LogP contribution >= 0.6 is 11.6 Å². The Balaban J connectivity index is 2.63. The average molecular weight is 422 g/mol. The van der Waals surface area contributed by atoms with Crippen LogP contribution in [0.3, 0.4) is 0 Å². The molecule has 0 radical (unpaired) electrons. The number of carbonyl (C=O) groups is 2. The molecule has 0 amide bonds. The number of esters is 2. The highest BCUT2D eigenvalue weighted by Gasteiger charge is 2.23. The topological polar surface area (TPSA) is 86.0 Å². The molecule has 0 atom stereocenters. The van der Waals surface area contributed by atoms with Crippen LogP contribution in [0.15, 0.2) is 33.0 Å². The van der Waals surface area contributed by atoms with Crippen molar-refractivity contribution in [2.45, 2.75) is 27.7 Å². The molecule has 29 heavy (non-hydrogen) atoms. The Morgan fingerprint density at radius 3 is 2.17 bits per heavy atom. The summed E-state index contributed by atoms with van der Waals surface area (Å²) < 4.78 is 15.2. The molecule has 7 nitrogen and oxygen atoms in total. The fourth-order valence-corrected chi connectivity index (χ4v) is 3.13. The minimum atomic E-state index is -0.904. The van der Waals surface area contributed by atoms with Crippen molar-refractivity contribution >= 4 is 46.3 Å². The van der Waals surface area contributed by atoms with E-state index in [0.29, 0.717) is 11.0 Å². The van der Waals surface area contributed by atoms with Gasteiger partial charge in [-0.3, -0.25) is 0 Å². The summed E-state index contributed by atoms with van der Waals surface area (Å²) >= 11 is 6.43. The quantitative estimate of drug-likeness (QED) is 0.210. The highest BCUT2D eigenvalue weighted by atomic mass is 35.5. The maximum atomic E-state index is 12.6. The fourth-order valence-electron chi connectivity index (χ4n) is 2.84. The van der Waals surface area contributed by atoms with Crippen LogP contribution in [-0.2, 0) is 19.1 Å². The summed E-state index contributed by atoms with van der Waals surface area (Å²) in [5.74, 6) is -1.81. The van der Waals surface area contributed by atoms with Crippen molar-refractivity contribution in [1.29, 1.82) is 0 Å². The molecule has 156 valence electrons. The van der Waals surface area contributed by atoms with E-state index in [1.54, 1.807) is 26.0 Å².